The average Bonchev–Trinajstić information content (AvgIpc) is 2.81. The second kappa shape index (κ2) is 5.05. The van der Waals surface area contributed by atoms with Gasteiger partial charge < -0.3 is 10.7 Å². The monoisotopic (exact) mass is 234 g/mol. The van der Waals surface area contributed by atoms with Gasteiger partial charge in [0.2, 0.25) is 0 Å². The third kappa shape index (κ3) is 2.50. The van der Waals surface area contributed by atoms with Crippen molar-refractivity contribution < 1.29 is 4.39 Å². The Morgan fingerprint density at radius 1 is 1.35 bits per heavy atom. The molecule has 4 nitrogen and oxygen atoms in total. The van der Waals surface area contributed by atoms with Crippen molar-refractivity contribution >= 4 is 0 Å². The van der Waals surface area contributed by atoms with Crippen molar-refractivity contribution in [2.45, 2.75) is 19.3 Å². The molecule has 1 atom stereocenters. The van der Waals surface area contributed by atoms with Crippen LogP contribution >= 0.6 is 0 Å². The number of halogens is 1. The van der Waals surface area contributed by atoms with Gasteiger partial charge in [-0.3, -0.25) is 4.98 Å². The van der Waals surface area contributed by atoms with Crippen molar-refractivity contribution in [2.75, 3.05) is 6.54 Å². The molecule has 0 aromatic carbocycles. The van der Waals surface area contributed by atoms with Gasteiger partial charge in [-0.15, -0.1) is 0 Å². The van der Waals surface area contributed by atoms with E-state index in [4.69, 9.17) is 5.73 Å². The first-order valence-electron chi connectivity index (χ1n) is 5.61. The summed E-state index contributed by atoms with van der Waals surface area (Å²) in [6.45, 7) is 2.62. The average molecular weight is 234 g/mol. The largest absolute Gasteiger partial charge is 0.340 e. The van der Waals surface area contributed by atoms with Crippen LogP contribution in [0.3, 0.4) is 0 Å². The highest BCUT2D eigenvalue weighted by atomic mass is 19.1. The van der Waals surface area contributed by atoms with Gasteiger partial charge in [0, 0.05) is 12.5 Å². The van der Waals surface area contributed by atoms with E-state index in [-0.39, 0.29) is 11.7 Å². The zero-order valence-corrected chi connectivity index (χ0v) is 9.65. The first-order valence-corrected chi connectivity index (χ1v) is 5.61. The Morgan fingerprint density at radius 2 is 2.18 bits per heavy atom. The second-order valence-corrected chi connectivity index (χ2v) is 3.88. The molecule has 1 unspecified atom stereocenters. The summed E-state index contributed by atoms with van der Waals surface area (Å²) >= 11 is 0. The molecule has 2 aromatic heterocycles. The van der Waals surface area contributed by atoms with Gasteiger partial charge in [0.25, 0.3) is 0 Å². The number of nitrogens with one attached hydrogen (secondary N) is 1. The van der Waals surface area contributed by atoms with E-state index < -0.39 is 0 Å². The van der Waals surface area contributed by atoms with Crippen LogP contribution in [0.5, 0.6) is 0 Å². The summed E-state index contributed by atoms with van der Waals surface area (Å²) in [6.07, 6.45) is 3.82. The number of pyridine rings is 1. The van der Waals surface area contributed by atoms with Gasteiger partial charge in [0.15, 0.2) is 0 Å². The number of hydrogen-bond donors (Lipinski definition) is 2. The maximum atomic E-state index is 12.7. The number of aromatic amines is 1. The molecule has 3 N–H and O–H groups in total. The fourth-order valence-electron chi connectivity index (χ4n) is 1.68. The van der Waals surface area contributed by atoms with Crippen LogP contribution in [-0.4, -0.2) is 21.5 Å². The highest BCUT2D eigenvalue weighted by Crippen LogP contribution is 2.19. The number of hydrogen-bond acceptors (Lipinski definition) is 3. The molecule has 0 saturated carbocycles. The lowest BCUT2D eigenvalue weighted by atomic mass is 10.1. The highest BCUT2D eigenvalue weighted by molar-refractivity contribution is 5.52. The van der Waals surface area contributed by atoms with E-state index in [0.29, 0.717) is 12.2 Å². The number of imidazole rings is 1. The van der Waals surface area contributed by atoms with E-state index in [2.05, 4.69) is 21.9 Å². The zero-order chi connectivity index (χ0) is 12.3. The minimum atomic E-state index is -0.345. The lowest BCUT2D eigenvalue weighted by molar-refractivity contribution is 0.621. The van der Waals surface area contributed by atoms with E-state index >= 15 is 0 Å². The molecule has 17 heavy (non-hydrogen) atoms. The molecule has 0 aliphatic heterocycles. The molecule has 2 aromatic rings. The molecule has 2 rings (SSSR count). The molecule has 5 heteroatoms. The minimum absolute atomic E-state index is 0.226. The molecule has 0 aliphatic rings. The molecule has 0 amide bonds. The Labute approximate surface area is 99.1 Å². The Morgan fingerprint density at radius 3 is 2.76 bits per heavy atom. The van der Waals surface area contributed by atoms with Crippen molar-refractivity contribution in [3.8, 4) is 11.4 Å². The molecule has 0 fully saturated rings. The number of nitrogens with zero attached hydrogens (tertiary/aromatic N) is 2. The molecule has 90 valence electrons. The smallest absolute Gasteiger partial charge is 0.141 e. The summed E-state index contributed by atoms with van der Waals surface area (Å²) in [5.74, 6) is 0.738. The number of rotatable bonds is 4. The molecular formula is C12H15FN4. The normalized spacial score (nSPS) is 12.6. The summed E-state index contributed by atoms with van der Waals surface area (Å²) in [4.78, 5) is 11.5. The van der Waals surface area contributed by atoms with Crippen LogP contribution in [0, 0.1) is 5.82 Å². The first-order chi connectivity index (χ1) is 8.24. The summed E-state index contributed by atoms with van der Waals surface area (Å²) < 4.78 is 12.7. The first kappa shape index (κ1) is 11.7. The Hall–Kier alpha value is -1.75. The van der Waals surface area contributed by atoms with Crippen LogP contribution in [0.1, 0.15) is 25.1 Å². The van der Waals surface area contributed by atoms with Crippen molar-refractivity contribution in [3.63, 3.8) is 0 Å². The predicted molar refractivity (Wildman–Crippen MR) is 63.9 cm³/mol. The highest BCUT2D eigenvalue weighted by Gasteiger charge is 2.12. The summed E-state index contributed by atoms with van der Waals surface area (Å²) in [6, 6.07) is 3.00. The minimum Gasteiger partial charge on any atom is -0.340 e. The fourth-order valence-corrected chi connectivity index (χ4v) is 1.68. The van der Waals surface area contributed by atoms with Crippen LogP contribution in [0.15, 0.2) is 24.5 Å². The summed E-state index contributed by atoms with van der Waals surface area (Å²) in [5, 5.41) is 0. The van der Waals surface area contributed by atoms with Crippen LogP contribution in [0.2, 0.25) is 0 Å². The lowest BCUT2D eigenvalue weighted by Gasteiger charge is -2.07. The number of aromatic nitrogens is 3. The van der Waals surface area contributed by atoms with Crippen molar-refractivity contribution in [1.29, 1.82) is 0 Å². The van der Waals surface area contributed by atoms with Gasteiger partial charge >= 0.3 is 0 Å². The molecular weight excluding hydrogens is 219 g/mol. The maximum Gasteiger partial charge on any atom is 0.141 e. The van der Waals surface area contributed by atoms with Crippen molar-refractivity contribution in [2.24, 2.45) is 5.73 Å². The van der Waals surface area contributed by atoms with Gasteiger partial charge in [0.1, 0.15) is 11.6 Å². The zero-order valence-electron chi connectivity index (χ0n) is 9.65. The maximum absolute atomic E-state index is 12.7. The Balaban J connectivity index is 2.26. The third-order valence-corrected chi connectivity index (χ3v) is 2.76. The van der Waals surface area contributed by atoms with Crippen LogP contribution in [0.4, 0.5) is 4.39 Å². The second-order valence-electron chi connectivity index (χ2n) is 3.88. The van der Waals surface area contributed by atoms with E-state index in [1.807, 2.05) is 0 Å². The SMILES string of the molecule is CCC(CN)c1ncc(-c2ccc(F)cn2)[nH]1. The summed E-state index contributed by atoms with van der Waals surface area (Å²) in [7, 11) is 0. The predicted octanol–water partition coefficient (Wildman–Crippen LogP) is 2.06. The van der Waals surface area contributed by atoms with Crippen LogP contribution < -0.4 is 5.73 Å². The van der Waals surface area contributed by atoms with Crippen molar-refractivity contribution in [3.05, 3.63) is 36.2 Å². The molecule has 0 radical (unpaired) electrons. The molecule has 2 heterocycles. The lowest BCUT2D eigenvalue weighted by Crippen LogP contribution is -2.12. The van der Waals surface area contributed by atoms with E-state index in [1.54, 1.807) is 12.3 Å². The standard InChI is InChI=1S/C12H15FN4/c1-2-8(5-14)12-16-7-11(17-12)10-4-3-9(13)6-15-10/h3-4,6-8H,2,5,14H2,1H3,(H,16,17). The fraction of sp³-hybridized carbons (Fsp3) is 0.333. The third-order valence-electron chi connectivity index (χ3n) is 2.76. The Bertz CT molecular complexity index is 474. The van der Waals surface area contributed by atoms with Crippen LogP contribution in [0.25, 0.3) is 11.4 Å². The number of H-pyrrole nitrogens is 1. The van der Waals surface area contributed by atoms with Gasteiger partial charge in [-0.05, 0) is 18.6 Å². The number of nitrogens with two attached hydrogens (primary N) is 1. The van der Waals surface area contributed by atoms with E-state index in [1.165, 1.54) is 12.3 Å². The topological polar surface area (TPSA) is 67.6 Å². The molecule has 0 saturated heterocycles. The van der Waals surface area contributed by atoms with E-state index in [9.17, 15) is 4.39 Å². The van der Waals surface area contributed by atoms with Crippen molar-refractivity contribution in [1.82, 2.24) is 15.0 Å². The van der Waals surface area contributed by atoms with E-state index in [0.717, 1.165) is 17.9 Å². The van der Waals surface area contributed by atoms with Crippen LogP contribution in [-0.2, 0) is 0 Å². The quantitative estimate of drug-likeness (QED) is 0.850. The van der Waals surface area contributed by atoms with Gasteiger partial charge in [0.05, 0.1) is 23.8 Å². The Kier molecular flexibility index (Phi) is 3.49. The van der Waals surface area contributed by atoms with Gasteiger partial charge in [-0.1, -0.05) is 6.92 Å². The summed E-state index contributed by atoms with van der Waals surface area (Å²) in [5.41, 5.74) is 7.12. The van der Waals surface area contributed by atoms with Gasteiger partial charge in [-0.25, -0.2) is 9.37 Å². The molecule has 0 spiro atoms. The van der Waals surface area contributed by atoms with Gasteiger partial charge in [-0.2, -0.15) is 0 Å². The molecule has 0 bridgehead atoms. The molecule has 0 aliphatic carbocycles.